The number of anilines is 1. The molecule has 0 aliphatic heterocycles. The number of benzene rings is 1. The largest absolute Gasteiger partial charge is 0.461 e. The number of nitrogens with one attached hydrogen (secondary N) is 1. The number of carbonyl (C=O) groups excluding carboxylic acids is 2. The fourth-order valence-electron chi connectivity index (χ4n) is 5.39. The van der Waals surface area contributed by atoms with Crippen LogP contribution in [0.4, 0.5) is 5.69 Å². The summed E-state index contributed by atoms with van der Waals surface area (Å²) in [5, 5.41) is 2.71. The zero-order chi connectivity index (χ0) is 24.6. The molecule has 186 valence electrons. The highest BCUT2D eigenvalue weighted by Gasteiger charge is 2.52. The van der Waals surface area contributed by atoms with Crippen LogP contribution in [0.3, 0.4) is 0 Å². The molecule has 34 heavy (non-hydrogen) atoms. The third-order valence-corrected chi connectivity index (χ3v) is 7.45. The molecular weight excluding hydrogens is 424 g/mol. The zero-order valence-electron chi connectivity index (χ0n) is 21.1. The van der Waals surface area contributed by atoms with E-state index in [-0.39, 0.29) is 23.4 Å². The van der Waals surface area contributed by atoms with E-state index in [9.17, 15) is 9.59 Å². The molecule has 4 rings (SSSR count). The van der Waals surface area contributed by atoms with Gasteiger partial charge in [0.15, 0.2) is 0 Å². The summed E-state index contributed by atoms with van der Waals surface area (Å²) >= 11 is 0. The molecule has 0 bridgehead atoms. The summed E-state index contributed by atoms with van der Waals surface area (Å²) in [6, 6.07) is 7.71. The van der Waals surface area contributed by atoms with Crippen LogP contribution in [0.1, 0.15) is 77.2 Å². The van der Waals surface area contributed by atoms with Gasteiger partial charge in [0, 0.05) is 18.5 Å². The Hall–Kier alpha value is -2.40. The van der Waals surface area contributed by atoms with Crippen LogP contribution in [0.2, 0.25) is 0 Å². The molecule has 2 saturated carbocycles. The second-order valence-corrected chi connectivity index (χ2v) is 10.2. The number of rotatable bonds is 6. The standard InChI is InChI=1S/C20H31NO2.C9H11NO/c1-15-17(11-14-21)18(15)23-19(22)20(12-7-2-3-8-13-20)16-9-5-4-6-10-16;1-7-4-3-5-9(6-7)10-8(2)11/h5,9-10,15,17-18H,2-4,6-8,11-14,21H2,1H3;3-6H,1-2H3,(H,10,11). The lowest BCUT2D eigenvalue weighted by Gasteiger charge is -2.33. The van der Waals surface area contributed by atoms with Crippen LogP contribution in [0.15, 0.2) is 48.1 Å². The monoisotopic (exact) mass is 466 g/mol. The highest BCUT2D eigenvalue weighted by Crippen LogP contribution is 2.49. The highest BCUT2D eigenvalue weighted by atomic mass is 16.6. The van der Waals surface area contributed by atoms with E-state index in [4.69, 9.17) is 10.5 Å². The van der Waals surface area contributed by atoms with Gasteiger partial charge in [-0.1, -0.05) is 63.0 Å². The van der Waals surface area contributed by atoms with Crippen LogP contribution in [-0.2, 0) is 14.3 Å². The minimum atomic E-state index is -0.386. The van der Waals surface area contributed by atoms with E-state index < -0.39 is 0 Å². The van der Waals surface area contributed by atoms with Crippen LogP contribution in [0.5, 0.6) is 0 Å². The van der Waals surface area contributed by atoms with Crippen molar-refractivity contribution >= 4 is 17.6 Å². The lowest BCUT2D eigenvalue weighted by molar-refractivity contribution is -0.156. The molecule has 1 aromatic rings. The average Bonchev–Trinajstić information content (AvgIpc) is 3.50. The van der Waals surface area contributed by atoms with Crippen molar-refractivity contribution in [2.24, 2.45) is 23.0 Å². The molecule has 3 N–H and O–H groups in total. The smallest absolute Gasteiger partial charge is 0.316 e. The van der Waals surface area contributed by atoms with E-state index in [0.29, 0.717) is 18.4 Å². The Balaban J connectivity index is 0.000000248. The minimum Gasteiger partial charge on any atom is -0.461 e. The van der Waals surface area contributed by atoms with Gasteiger partial charge < -0.3 is 15.8 Å². The van der Waals surface area contributed by atoms with Crippen molar-refractivity contribution in [3.05, 3.63) is 53.6 Å². The molecule has 0 radical (unpaired) electrons. The molecule has 0 saturated heterocycles. The second-order valence-electron chi connectivity index (χ2n) is 10.2. The van der Waals surface area contributed by atoms with Gasteiger partial charge >= 0.3 is 5.97 Å². The molecule has 3 aliphatic rings. The molecule has 0 aromatic heterocycles. The van der Waals surface area contributed by atoms with Crippen LogP contribution < -0.4 is 11.1 Å². The first-order chi connectivity index (χ1) is 16.4. The summed E-state index contributed by atoms with van der Waals surface area (Å²) in [6.45, 7) is 6.35. The molecule has 1 amide bonds. The van der Waals surface area contributed by atoms with Gasteiger partial charge in [0.1, 0.15) is 6.10 Å². The molecule has 3 aliphatic carbocycles. The quantitative estimate of drug-likeness (QED) is 0.393. The van der Waals surface area contributed by atoms with Crippen molar-refractivity contribution in [1.82, 2.24) is 0 Å². The zero-order valence-corrected chi connectivity index (χ0v) is 21.1. The number of aryl methyl sites for hydroxylation is 1. The van der Waals surface area contributed by atoms with Gasteiger partial charge in [-0.3, -0.25) is 9.59 Å². The Labute approximate surface area is 205 Å². The number of nitrogens with two attached hydrogens (primary N) is 1. The molecule has 2 fully saturated rings. The van der Waals surface area contributed by atoms with Gasteiger partial charge in [0.2, 0.25) is 5.91 Å². The summed E-state index contributed by atoms with van der Waals surface area (Å²) in [5.41, 5.74) is 8.52. The maximum atomic E-state index is 13.2. The topological polar surface area (TPSA) is 81.4 Å². The van der Waals surface area contributed by atoms with Gasteiger partial charge in [-0.05, 0) is 74.8 Å². The molecular formula is C29H42N2O3. The Morgan fingerprint density at radius 1 is 1.15 bits per heavy atom. The van der Waals surface area contributed by atoms with Crippen LogP contribution in [0.25, 0.3) is 0 Å². The number of esters is 1. The predicted molar refractivity (Wildman–Crippen MR) is 138 cm³/mol. The summed E-state index contributed by atoms with van der Waals surface area (Å²) in [7, 11) is 0. The Morgan fingerprint density at radius 3 is 2.47 bits per heavy atom. The van der Waals surface area contributed by atoms with E-state index in [0.717, 1.165) is 56.2 Å². The number of carbonyl (C=O) groups is 2. The number of amides is 1. The molecule has 1 aromatic carbocycles. The summed E-state index contributed by atoms with van der Waals surface area (Å²) in [5.74, 6) is 0.952. The van der Waals surface area contributed by atoms with Crippen LogP contribution in [0, 0.1) is 24.2 Å². The molecule has 3 atom stereocenters. The summed E-state index contributed by atoms with van der Waals surface area (Å²) in [6.07, 6.45) is 16.5. The first-order valence-corrected chi connectivity index (χ1v) is 13.0. The van der Waals surface area contributed by atoms with Gasteiger partial charge in [0.05, 0.1) is 5.41 Å². The molecule has 0 spiro atoms. The highest BCUT2D eigenvalue weighted by molar-refractivity contribution is 5.88. The van der Waals surface area contributed by atoms with E-state index in [1.807, 2.05) is 31.2 Å². The third kappa shape index (κ3) is 6.82. The van der Waals surface area contributed by atoms with E-state index in [1.54, 1.807) is 0 Å². The van der Waals surface area contributed by atoms with Gasteiger partial charge in [0.25, 0.3) is 0 Å². The molecule has 3 unspecified atom stereocenters. The third-order valence-electron chi connectivity index (χ3n) is 7.45. The van der Waals surface area contributed by atoms with E-state index >= 15 is 0 Å². The van der Waals surface area contributed by atoms with Crippen LogP contribution in [-0.4, -0.2) is 24.5 Å². The van der Waals surface area contributed by atoms with Crippen molar-refractivity contribution in [3.63, 3.8) is 0 Å². The molecule has 0 heterocycles. The Bertz CT molecular complexity index is 896. The van der Waals surface area contributed by atoms with Gasteiger partial charge in [-0.25, -0.2) is 0 Å². The first kappa shape index (κ1) is 26.2. The van der Waals surface area contributed by atoms with Crippen molar-refractivity contribution < 1.29 is 14.3 Å². The summed E-state index contributed by atoms with van der Waals surface area (Å²) < 4.78 is 6.02. The van der Waals surface area contributed by atoms with Gasteiger partial charge in [-0.2, -0.15) is 0 Å². The van der Waals surface area contributed by atoms with E-state index in [1.165, 1.54) is 25.3 Å². The Kier molecular flexibility index (Phi) is 9.52. The lowest BCUT2D eigenvalue weighted by atomic mass is 9.72. The van der Waals surface area contributed by atoms with Crippen molar-refractivity contribution in [2.75, 3.05) is 11.9 Å². The molecule has 5 heteroatoms. The lowest BCUT2D eigenvalue weighted by Crippen LogP contribution is -2.35. The average molecular weight is 467 g/mol. The fourth-order valence-corrected chi connectivity index (χ4v) is 5.39. The second kappa shape index (κ2) is 12.3. The fraction of sp³-hybridized carbons (Fsp3) is 0.586. The minimum absolute atomic E-state index is 0.0319. The first-order valence-electron chi connectivity index (χ1n) is 13.0. The normalized spacial score (nSPS) is 25.2. The number of hydrogen-bond acceptors (Lipinski definition) is 4. The predicted octanol–water partition coefficient (Wildman–Crippen LogP) is 6.08. The van der Waals surface area contributed by atoms with Crippen molar-refractivity contribution in [1.29, 1.82) is 0 Å². The maximum absolute atomic E-state index is 13.2. The van der Waals surface area contributed by atoms with Crippen molar-refractivity contribution in [3.8, 4) is 0 Å². The van der Waals surface area contributed by atoms with Crippen LogP contribution >= 0.6 is 0 Å². The number of ether oxygens (including phenoxy) is 1. The maximum Gasteiger partial charge on any atom is 0.316 e. The van der Waals surface area contributed by atoms with Crippen molar-refractivity contribution in [2.45, 2.75) is 84.7 Å². The SMILES string of the molecule is CC(=O)Nc1cccc(C)c1.CC1C(CCN)C1OC(=O)C1(C2=CCCC=C2)CCCCCC1. The molecule has 5 nitrogen and oxygen atoms in total. The number of allylic oxidation sites excluding steroid dienone is 3. The Morgan fingerprint density at radius 2 is 1.88 bits per heavy atom. The summed E-state index contributed by atoms with van der Waals surface area (Å²) in [4.78, 5) is 23.8. The van der Waals surface area contributed by atoms with Gasteiger partial charge in [-0.15, -0.1) is 0 Å². The number of hydrogen-bond donors (Lipinski definition) is 2. The van der Waals surface area contributed by atoms with E-state index in [2.05, 4.69) is 30.5 Å².